The van der Waals surface area contributed by atoms with Crippen LogP contribution in [0.4, 0.5) is 4.79 Å². The van der Waals surface area contributed by atoms with Crippen molar-refractivity contribution in [2.45, 2.75) is 37.8 Å². The fraction of sp³-hybridized carbons (Fsp3) is 0.500. The number of aliphatic carboxylic acids is 1. The van der Waals surface area contributed by atoms with Crippen LogP contribution in [0.25, 0.3) is 0 Å². The highest BCUT2D eigenvalue weighted by molar-refractivity contribution is 5.77. The molecule has 0 saturated heterocycles. The number of amides is 2. The Morgan fingerprint density at radius 2 is 2.05 bits per heavy atom. The number of rotatable bonds is 5. The predicted octanol–water partition coefficient (Wildman–Crippen LogP) is 1.62. The summed E-state index contributed by atoms with van der Waals surface area (Å²) in [6.07, 6.45) is 5.77. The van der Waals surface area contributed by atoms with E-state index in [1.165, 1.54) is 0 Å². The molecule has 0 radical (unpaired) electrons. The molecule has 0 bridgehead atoms. The molecule has 1 saturated carbocycles. The molecule has 2 amide bonds. The Kier molecular flexibility index (Phi) is 4.22. The summed E-state index contributed by atoms with van der Waals surface area (Å²) in [7, 11) is 1.70. The van der Waals surface area contributed by atoms with Crippen molar-refractivity contribution in [3.05, 3.63) is 30.1 Å². The molecule has 6 heteroatoms. The van der Waals surface area contributed by atoms with Crippen LogP contribution >= 0.6 is 0 Å². The number of carboxylic acid groups (broad SMARTS) is 1. The molecule has 1 heterocycles. The van der Waals surface area contributed by atoms with Crippen molar-refractivity contribution in [1.82, 2.24) is 15.2 Å². The predicted molar refractivity (Wildman–Crippen MR) is 73.1 cm³/mol. The van der Waals surface area contributed by atoms with Gasteiger partial charge in [0.25, 0.3) is 0 Å². The number of hydrogen-bond acceptors (Lipinski definition) is 3. The van der Waals surface area contributed by atoms with Crippen LogP contribution in [0.3, 0.4) is 0 Å². The van der Waals surface area contributed by atoms with Gasteiger partial charge in [0.1, 0.15) is 0 Å². The second-order valence-corrected chi connectivity index (χ2v) is 5.35. The summed E-state index contributed by atoms with van der Waals surface area (Å²) >= 11 is 0. The molecule has 0 aliphatic heterocycles. The Balaban J connectivity index is 1.92. The summed E-state index contributed by atoms with van der Waals surface area (Å²) in [5.74, 6) is -0.873. The molecule has 1 aromatic heterocycles. The second kappa shape index (κ2) is 5.90. The molecule has 0 atom stereocenters. The number of hydrogen-bond donors (Lipinski definition) is 2. The van der Waals surface area contributed by atoms with Gasteiger partial charge < -0.3 is 15.3 Å². The van der Waals surface area contributed by atoms with Crippen molar-refractivity contribution in [1.29, 1.82) is 0 Å². The molecule has 20 heavy (non-hydrogen) atoms. The zero-order valence-electron chi connectivity index (χ0n) is 11.5. The molecule has 0 spiro atoms. The zero-order chi connectivity index (χ0) is 14.6. The highest BCUT2D eigenvalue weighted by Crippen LogP contribution is 2.35. The van der Waals surface area contributed by atoms with Crippen molar-refractivity contribution in [2.75, 3.05) is 7.05 Å². The van der Waals surface area contributed by atoms with E-state index in [0.717, 1.165) is 24.8 Å². The normalized spacial score (nSPS) is 16.1. The third-order valence-corrected chi connectivity index (χ3v) is 3.69. The molecule has 1 aliphatic rings. The average molecular weight is 277 g/mol. The van der Waals surface area contributed by atoms with Gasteiger partial charge in [-0.1, -0.05) is 0 Å². The number of carboxylic acids is 1. The maximum absolute atomic E-state index is 12.1. The highest BCUT2D eigenvalue weighted by atomic mass is 16.4. The molecule has 6 nitrogen and oxygen atoms in total. The molecular weight excluding hydrogens is 258 g/mol. The average Bonchev–Trinajstić information content (AvgIpc) is 2.36. The third kappa shape index (κ3) is 3.46. The van der Waals surface area contributed by atoms with Crippen molar-refractivity contribution in [3.63, 3.8) is 0 Å². The van der Waals surface area contributed by atoms with Crippen molar-refractivity contribution in [2.24, 2.45) is 0 Å². The second-order valence-electron chi connectivity index (χ2n) is 5.35. The van der Waals surface area contributed by atoms with Crippen LogP contribution in [-0.4, -0.2) is 39.6 Å². The Labute approximate surface area is 117 Å². The zero-order valence-corrected chi connectivity index (χ0v) is 11.5. The van der Waals surface area contributed by atoms with E-state index < -0.39 is 11.5 Å². The van der Waals surface area contributed by atoms with Crippen LogP contribution in [0.5, 0.6) is 0 Å². The number of pyridine rings is 1. The van der Waals surface area contributed by atoms with E-state index in [-0.39, 0.29) is 12.5 Å². The fourth-order valence-electron chi connectivity index (χ4n) is 2.40. The minimum atomic E-state index is -0.873. The standard InChI is InChI=1S/C14H19N3O3/c1-17(10-11-3-7-15-8-4-11)13(20)16-14(5-2-6-14)9-12(18)19/h3-4,7-8H,2,5-6,9-10H2,1H3,(H,16,20)(H,18,19). The number of aromatic nitrogens is 1. The first-order chi connectivity index (χ1) is 9.51. The van der Waals surface area contributed by atoms with Crippen LogP contribution in [0.15, 0.2) is 24.5 Å². The van der Waals surface area contributed by atoms with Gasteiger partial charge in [-0.3, -0.25) is 9.78 Å². The maximum Gasteiger partial charge on any atom is 0.317 e. The quantitative estimate of drug-likeness (QED) is 0.856. The van der Waals surface area contributed by atoms with E-state index >= 15 is 0 Å². The van der Waals surface area contributed by atoms with Gasteiger partial charge in [-0.25, -0.2) is 4.79 Å². The summed E-state index contributed by atoms with van der Waals surface area (Å²) in [6.45, 7) is 0.470. The minimum absolute atomic E-state index is 0.0121. The molecule has 2 N–H and O–H groups in total. The van der Waals surface area contributed by atoms with E-state index in [1.54, 1.807) is 24.3 Å². The van der Waals surface area contributed by atoms with Crippen molar-refractivity contribution < 1.29 is 14.7 Å². The third-order valence-electron chi connectivity index (χ3n) is 3.69. The first kappa shape index (κ1) is 14.3. The number of carbonyl (C=O) groups is 2. The molecular formula is C14H19N3O3. The maximum atomic E-state index is 12.1. The lowest BCUT2D eigenvalue weighted by molar-refractivity contribution is -0.139. The summed E-state index contributed by atoms with van der Waals surface area (Å²) in [5, 5.41) is 11.8. The van der Waals surface area contributed by atoms with Gasteiger partial charge in [0.05, 0.1) is 12.0 Å². The van der Waals surface area contributed by atoms with E-state index in [2.05, 4.69) is 10.3 Å². The van der Waals surface area contributed by atoms with Crippen LogP contribution in [0.1, 0.15) is 31.2 Å². The lowest BCUT2D eigenvalue weighted by Crippen LogP contribution is -2.57. The van der Waals surface area contributed by atoms with Gasteiger partial charge in [-0.15, -0.1) is 0 Å². The molecule has 1 aliphatic carbocycles. The largest absolute Gasteiger partial charge is 0.481 e. The van der Waals surface area contributed by atoms with Gasteiger partial charge in [-0.2, -0.15) is 0 Å². The molecule has 1 fully saturated rings. The molecule has 2 rings (SSSR count). The SMILES string of the molecule is CN(Cc1ccncc1)C(=O)NC1(CC(=O)O)CCC1. The molecule has 108 valence electrons. The van der Waals surface area contributed by atoms with Gasteiger partial charge in [0.15, 0.2) is 0 Å². The monoisotopic (exact) mass is 277 g/mol. The van der Waals surface area contributed by atoms with Crippen LogP contribution in [0, 0.1) is 0 Å². The molecule has 1 aromatic rings. The lowest BCUT2D eigenvalue weighted by Gasteiger charge is -2.42. The Morgan fingerprint density at radius 3 is 2.55 bits per heavy atom. The van der Waals surface area contributed by atoms with Crippen LogP contribution < -0.4 is 5.32 Å². The molecule has 0 unspecified atom stereocenters. The van der Waals surface area contributed by atoms with Gasteiger partial charge in [0, 0.05) is 26.0 Å². The van der Waals surface area contributed by atoms with Gasteiger partial charge in [-0.05, 0) is 37.0 Å². The van der Waals surface area contributed by atoms with E-state index in [4.69, 9.17) is 5.11 Å². The number of carbonyl (C=O) groups excluding carboxylic acids is 1. The summed E-state index contributed by atoms with van der Waals surface area (Å²) in [6, 6.07) is 3.46. The Hall–Kier alpha value is -2.11. The van der Waals surface area contributed by atoms with Gasteiger partial charge in [0.2, 0.25) is 0 Å². The van der Waals surface area contributed by atoms with E-state index in [1.807, 2.05) is 12.1 Å². The van der Waals surface area contributed by atoms with Gasteiger partial charge >= 0.3 is 12.0 Å². The first-order valence-electron chi connectivity index (χ1n) is 6.65. The summed E-state index contributed by atoms with van der Waals surface area (Å²) in [4.78, 5) is 28.5. The minimum Gasteiger partial charge on any atom is -0.481 e. The van der Waals surface area contributed by atoms with E-state index in [9.17, 15) is 9.59 Å². The topological polar surface area (TPSA) is 82.5 Å². The van der Waals surface area contributed by atoms with Crippen molar-refractivity contribution >= 4 is 12.0 Å². The lowest BCUT2D eigenvalue weighted by atomic mass is 9.74. The van der Waals surface area contributed by atoms with Crippen molar-refractivity contribution in [3.8, 4) is 0 Å². The smallest absolute Gasteiger partial charge is 0.317 e. The fourth-order valence-corrected chi connectivity index (χ4v) is 2.40. The van der Waals surface area contributed by atoms with E-state index in [0.29, 0.717) is 6.54 Å². The summed E-state index contributed by atoms with van der Waals surface area (Å²) in [5.41, 5.74) is 0.425. The highest BCUT2D eigenvalue weighted by Gasteiger charge is 2.40. The number of urea groups is 1. The Morgan fingerprint density at radius 1 is 1.40 bits per heavy atom. The first-order valence-corrected chi connectivity index (χ1v) is 6.65. The van der Waals surface area contributed by atoms with Crippen LogP contribution in [-0.2, 0) is 11.3 Å². The Bertz CT molecular complexity index is 486. The number of nitrogens with zero attached hydrogens (tertiary/aromatic N) is 2. The van der Waals surface area contributed by atoms with Crippen LogP contribution in [0.2, 0.25) is 0 Å². The number of nitrogens with one attached hydrogen (secondary N) is 1. The molecule has 0 aromatic carbocycles. The summed E-state index contributed by atoms with van der Waals surface area (Å²) < 4.78 is 0.